The van der Waals surface area contributed by atoms with Gasteiger partial charge in [0, 0.05) is 35.9 Å². The van der Waals surface area contributed by atoms with Crippen LogP contribution in [-0.4, -0.2) is 34.5 Å². The summed E-state index contributed by atoms with van der Waals surface area (Å²) in [7, 11) is 0. The molecule has 1 fully saturated rings. The first-order chi connectivity index (χ1) is 13.0. The van der Waals surface area contributed by atoms with Crippen LogP contribution in [0.15, 0.2) is 48.5 Å². The van der Waals surface area contributed by atoms with Gasteiger partial charge in [0.05, 0.1) is 4.92 Å². The van der Waals surface area contributed by atoms with E-state index in [4.69, 9.17) is 0 Å². The molecule has 6 heteroatoms. The third-order valence-corrected chi connectivity index (χ3v) is 5.38. The fourth-order valence-corrected chi connectivity index (χ4v) is 3.95. The molecule has 1 unspecified atom stereocenters. The first-order valence-corrected chi connectivity index (χ1v) is 9.23. The van der Waals surface area contributed by atoms with E-state index in [2.05, 4.69) is 11.8 Å². The van der Waals surface area contributed by atoms with Crippen LogP contribution in [-0.2, 0) is 0 Å². The zero-order chi connectivity index (χ0) is 19.4. The lowest BCUT2D eigenvalue weighted by molar-refractivity contribution is -0.384. The summed E-state index contributed by atoms with van der Waals surface area (Å²) in [6.45, 7) is 2.92. The molecule has 1 heterocycles. The second-order valence-electron chi connectivity index (χ2n) is 7.24. The number of aliphatic hydroxyl groups is 1. The summed E-state index contributed by atoms with van der Waals surface area (Å²) in [6, 6.07) is 13.5. The minimum Gasteiger partial charge on any atom is -0.396 e. The van der Waals surface area contributed by atoms with Crippen LogP contribution in [0.4, 0.5) is 11.4 Å². The molecule has 27 heavy (non-hydrogen) atoms. The molecule has 0 aromatic heterocycles. The molecule has 0 amide bonds. The average molecular weight is 368 g/mol. The second kappa shape index (κ2) is 7.88. The number of anilines is 1. The van der Waals surface area contributed by atoms with Crippen LogP contribution < -0.4 is 4.90 Å². The fourth-order valence-electron chi connectivity index (χ4n) is 3.95. The summed E-state index contributed by atoms with van der Waals surface area (Å²) in [4.78, 5) is 26.1. The molecule has 142 valence electrons. The SMILES string of the molecule is CC1(CCCO)CCCN1c1ccc(C(=O)c2ccccc2)cc1[N+](=O)[O-]. The number of nitro benzene ring substituents is 1. The smallest absolute Gasteiger partial charge is 0.293 e. The van der Waals surface area contributed by atoms with Gasteiger partial charge in [0.25, 0.3) is 5.69 Å². The Hall–Kier alpha value is -2.73. The monoisotopic (exact) mass is 368 g/mol. The lowest BCUT2D eigenvalue weighted by Crippen LogP contribution is -2.41. The third-order valence-electron chi connectivity index (χ3n) is 5.38. The van der Waals surface area contributed by atoms with E-state index in [-0.39, 0.29) is 23.6 Å². The van der Waals surface area contributed by atoms with Gasteiger partial charge in [-0.1, -0.05) is 30.3 Å². The summed E-state index contributed by atoms with van der Waals surface area (Å²) < 4.78 is 0. The summed E-state index contributed by atoms with van der Waals surface area (Å²) in [5.74, 6) is -0.227. The quantitative estimate of drug-likeness (QED) is 0.454. The van der Waals surface area contributed by atoms with Crippen molar-refractivity contribution in [2.75, 3.05) is 18.1 Å². The Kier molecular flexibility index (Phi) is 5.56. The van der Waals surface area contributed by atoms with Crippen LogP contribution in [0.3, 0.4) is 0 Å². The lowest BCUT2D eigenvalue weighted by atomic mass is 9.92. The number of hydrogen-bond donors (Lipinski definition) is 1. The fraction of sp³-hybridized carbons (Fsp3) is 0.381. The van der Waals surface area contributed by atoms with Crippen molar-refractivity contribution < 1.29 is 14.8 Å². The Morgan fingerprint density at radius 3 is 2.63 bits per heavy atom. The number of ketones is 1. The summed E-state index contributed by atoms with van der Waals surface area (Å²) in [5, 5.41) is 20.9. The van der Waals surface area contributed by atoms with Gasteiger partial charge < -0.3 is 10.0 Å². The Balaban J connectivity index is 1.97. The minimum absolute atomic E-state index is 0.0473. The number of carbonyl (C=O) groups is 1. The number of nitrogens with zero attached hydrogens (tertiary/aromatic N) is 2. The molecule has 1 aliphatic rings. The van der Waals surface area contributed by atoms with Crippen LogP contribution >= 0.6 is 0 Å². The highest BCUT2D eigenvalue weighted by Gasteiger charge is 2.39. The first-order valence-electron chi connectivity index (χ1n) is 9.23. The number of carbonyl (C=O) groups excluding carboxylic acids is 1. The number of nitro groups is 1. The van der Waals surface area contributed by atoms with E-state index in [1.165, 1.54) is 6.07 Å². The largest absolute Gasteiger partial charge is 0.396 e. The summed E-state index contributed by atoms with van der Waals surface area (Å²) in [5.41, 5.74) is 1.09. The Morgan fingerprint density at radius 2 is 1.96 bits per heavy atom. The van der Waals surface area contributed by atoms with Crippen LogP contribution in [0.25, 0.3) is 0 Å². The van der Waals surface area contributed by atoms with Crippen molar-refractivity contribution in [3.63, 3.8) is 0 Å². The van der Waals surface area contributed by atoms with Crippen LogP contribution in [0.2, 0.25) is 0 Å². The molecular weight excluding hydrogens is 344 g/mol. The van der Waals surface area contributed by atoms with E-state index in [9.17, 15) is 20.0 Å². The molecule has 2 aromatic carbocycles. The minimum atomic E-state index is -0.415. The Morgan fingerprint density at radius 1 is 1.22 bits per heavy atom. The zero-order valence-electron chi connectivity index (χ0n) is 15.4. The molecule has 6 nitrogen and oxygen atoms in total. The zero-order valence-corrected chi connectivity index (χ0v) is 15.4. The van der Waals surface area contributed by atoms with E-state index >= 15 is 0 Å². The first kappa shape index (κ1) is 19.0. The topological polar surface area (TPSA) is 83.7 Å². The van der Waals surface area contributed by atoms with Crippen LogP contribution in [0.5, 0.6) is 0 Å². The van der Waals surface area contributed by atoms with Gasteiger partial charge in [0.15, 0.2) is 5.78 Å². The Bertz CT molecular complexity index is 837. The van der Waals surface area contributed by atoms with Gasteiger partial charge in [-0.15, -0.1) is 0 Å². The molecular formula is C21H24N2O4. The van der Waals surface area contributed by atoms with Gasteiger partial charge in [-0.25, -0.2) is 0 Å². The molecule has 3 rings (SSSR count). The van der Waals surface area contributed by atoms with Crippen molar-refractivity contribution >= 4 is 17.2 Å². The maximum atomic E-state index is 12.7. The molecule has 1 N–H and O–H groups in total. The maximum Gasteiger partial charge on any atom is 0.293 e. The van der Waals surface area contributed by atoms with E-state index in [0.717, 1.165) is 25.8 Å². The second-order valence-corrected chi connectivity index (χ2v) is 7.24. The van der Waals surface area contributed by atoms with Gasteiger partial charge in [0.1, 0.15) is 5.69 Å². The predicted octanol–water partition coefficient (Wildman–Crippen LogP) is 3.96. The number of hydrogen-bond acceptors (Lipinski definition) is 5. The van der Waals surface area contributed by atoms with Crippen molar-refractivity contribution in [1.82, 2.24) is 0 Å². The molecule has 0 bridgehead atoms. The molecule has 0 aliphatic carbocycles. The third kappa shape index (κ3) is 3.85. The standard InChI is InChI=1S/C21H24N2O4/c1-21(12-6-14-24)11-5-13-22(21)18-10-9-17(15-19(18)23(26)27)20(25)16-7-3-2-4-8-16/h2-4,7-10,15,24H,5-6,11-14H2,1H3. The van der Waals surface area contributed by atoms with Crippen molar-refractivity contribution in [2.24, 2.45) is 0 Å². The highest BCUT2D eigenvalue weighted by atomic mass is 16.6. The van der Waals surface area contributed by atoms with Gasteiger partial charge in [0.2, 0.25) is 0 Å². The lowest BCUT2D eigenvalue weighted by Gasteiger charge is -2.37. The Labute approximate surface area is 158 Å². The van der Waals surface area contributed by atoms with E-state index < -0.39 is 4.92 Å². The summed E-state index contributed by atoms with van der Waals surface area (Å²) in [6.07, 6.45) is 3.30. The predicted molar refractivity (Wildman–Crippen MR) is 104 cm³/mol. The van der Waals surface area contributed by atoms with Crippen molar-refractivity contribution in [2.45, 2.75) is 38.1 Å². The van der Waals surface area contributed by atoms with Gasteiger partial charge in [-0.05, 0) is 44.7 Å². The highest BCUT2D eigenvalue weighted by molar-refractivity contribution is 6.09. The normalized spacial score (nSPS) is 19.3. The van der Waals surface area contributed by atoms with Crippen molar-refractivity contribution in [1.29, 1.82) is 0 Å². The van der Waals surface area contributed by atoms with Crippen molar-refractivity contribution in [3.05, 3.63) is 69.8 Å². The number of benzene rings is 2. The number of aliphatic hydroxyl groups excluding tert-OH is 1. The molecule has 0 spiro atoms. The van der Waals surface area contributed by atoms with E-state index in [1.54, 1.807) is 36.4 Å². The van der Waals surface area contributed by atoms with Gasteiger partial charge >= 0.3 is 0 Å². The molecule has 2 aromatic rings. The molecule has 1 aliphatic heterocycles. The van der Waals surface area contributed by atoms with Crippen molar-refractivity contribution in [3.8, 4) is 0 Å². The molecule has 1 saturated heterocycles. The molecule has 0 saturated carbocycles. The molecule has 1 atom stereocenters. The van der Waals surface area contributed by atoms with Crippen LogP contribution in [0, 0.1) is 10.1 Å². The summed E-state index contributed by atoms with van der Waals surface area (Å²) >= 11 is 0. The number of rotatable bonds is 7. The molecule has 0 radical (unpaired) electrons. The highest BCUT2D eigenvalue weighted by Crippen LogP contribution is 2.41. The van der Waals surface area contributed by atoms with Gasteiger partial charge in [-0.2, -0.15) is 0 Å². The van der Waals surface area contributed by atoms with Gasteiger partial charge in [-0.3, -0.25) is 14.9 Å². The van der Waals surface area contributed by atoms with E-state index in [0.29, 0.717) is 23.2 Å². The average Bonchev–Trinajstić information content (AvgIpc) is 3.07. The van der Waals surface area contributed by atoms with E-state index in [1.807, 2.05) is 6.07 Å². The maximum absolute atomic E-state index is 12.7. The van der Waals surface area contributed by atoms with Crippen LogP contribution in [0.1, 0.15) is 48.5 Å².